The van der Waals surface area contributed by atoms with Gasteiger partial charge >= 0.3 is 0 Å². The molecule has 8 heteroatoms. The number of benzene rings is 1. The summed E-state index contributed by atoms with van der Waals surface area (Å²) >= 11 is 0. The van der Waals surface area contributed by atoms with E-state index in [0.29, 0.717) is 29.3 Å². The first-order valence-electron chi connectivity index (χ1n) is 7.81. The van der Waals surface area contributed by atoms with Crippen LogP contribution >= 0.6 is 0 Å². The van der Waals surface area contributed by atoms with Crippen molar-refractivity contribution >= 4 is 15.9 Å². The van der Waals surface area contributed by atoms with Crippen LogP contribution in [-0.4, -0.2) is 28.8 Å². The Morgan fingerprint density at radius 1 is 1.29 bits per heavy atom. The number of carbonyl (C=O) groups is 1. The Morgan fingerprint density at radius 3 is 2.79 bits per heavy atom. The molecule has 0 N–H and O–H groups in total. The molecule has 1 aromatic heterocycles. The van der Waals surface area contributed by atoms with Crippen molar-refractivity contribution < 1.29 is 17.7 Å². The average Bonchev–Trinajstić information content (AvgIpc) is 2.97. The minimum atomic E-state index is -3.74. The van der Waals surface area contributed by atoms with Crippen molar-refractivity contribution in [2.24, 2.45) is 5.92 Å². The zero-order chi connectivity index (χ0) is 17.3. The molecular weight excluding hydrogens is 330 g/mol. The predicted molar refractivity (Wildman–Crippen MR) is 86.4 cm³/mol. The molecule has 0 spiro atoms. The lowest BCUT2D eigenvalue weighted by molar-refractivity contribution is 0.0838. The van der Waals surface area contributed by atoms with E-state index in [2.05, 4.69) is 24.0 Å². The van der Waals surface area contributed by atoms with Gasteiger partial charge < -0.3 is 4.52 Å². The van der Waals surface area contributed by atoms with E-state index in [1.54, 1.807) is 24.3 Å². The summed E-state index contributed by atoms with van der Waals surface area (Å²) < 4.78 is 30.7. The molecule has 1 aromatic carbocycles. The first-order valence-corrected chi connectivity index (χ1v) is 9.42. The molecule has 2 heterocycles. The van der Waals surface area contributed by atoms with Crippen LogP contribution in [0.1, 0.15) is 47.9 Å². The highest BCUT2D eigenvalue weighted by atomic mass is 32.2. The fourth-order valence-corrected chi connectivity index (χ4v) is 4.02. The third kappa shape index (κ3) is 3.33. The summed E-state index contributed by atoms with van der Waals surface area (Å²) in [5.74, 6) is 0.404. The molecule has 0 bridgehead atoms. The topological polar surface area (TPSA) is 93.4 Å². The van der Waals surface area contributed by atoms with Crippen LogP contribution in [0, 0.1) is 5.92 Å². The SMILES string of the molecule is CC(C)CCc1noc(CN2C(=O)c3ccccc3CS2(=O)=O)n1. The predicted octanol–water partition coefficient (Wildman–Crippen LogP) is 2.14. The maximum atomic E-state index is 12.5. The van der Waals surface area contributed by atoms with E-state index in [1.807, 2.05) is 0 Å². The molecule has 1 aliphatic heterocycles. The van der Waals surface area contributed by atoms with Gasteiger partial charge in [-0.1, -0.05) is 37.2 Å². The van der Waals surface area contributed by atoms with E-state index in [0.717, 1.165) is 10.7 Å². The van der Waals surface area contributed by atoms with E-state index in [4.69, 9.17) is 4.52 Å². The van der Waals surface area contributed by atoms with Gasteiger partial charge in [0.15, 0.2) is 5.82 Å². The lowest BCUT2D eigenvalue weighted by Gasteiger charge is -2.26. The minimum absolute atomic E-state index is 0.130. The summed E-state index contributed by atoms with van der Waals surface area (Å²) in [4.78, 5) is 16.7. The van der Waals surface area contributed by atoms with E-state index in [9.17, 15) is 13.2 Å². The highest BCUT2D eigenvalue weighted by Crippen LogP contribution is 2.25. The minimum Gasteiger partial charge on any atom is -0.337 e. The summed E-state index contributed by atoms with van der Waals surface area (Å²) in [6, 6.07) is 6.71. The lowest BCUT2D eigenvalue weighted by atomic mass is 10.1. The Labute approximate surface area is 140 Å². The number of aromatic nitrogens is 2. The largest absolute Gasteiger partial charge is 0.337 e. The van der Waals surface area contributed by atoms with E-state index in [-0.39, 0.29) is 18.2 Å². The second-order valence-corrected chi connectivity index (χ2v) is 8.16. The Balaban J connectivity index is 1.81. The molecule has 0 aliphatic carbocycles. The number of hydrogen-bond donors (Lipinski definition) is 0. The molecule has 128 valence electrons. The smallest absolute Gasteiger partial charge is 0.268 e. The first-order chi connectivity index (χ1) is 11.4. The van der Waals surface area contributed by atoms with Gasteiger partial charge in [0.2, 0.25) is 15.9 Å². The Morgan fingerprint density at radius 2 is 2.04 bits per heavy atom. The van der Waals surface area contributed by atoms with E-state index in [1.165, 1.54) is 0 Å². The lowest BCUT2D eigenvalue weighted by Crippen LogP contribution is -2.41. The molecule has 2 aromatic rings. The molecule has 0 radical (unpaired) electrons. The molecule has 1 amide bonds. The third-order valence-electron chi connectivity index (χ3n) is 3.88. The zero-order valence-corrected chi connectivity index (χ0v) is 14.4. The maximum Gasteiger partial charge on any atom is 0.268 e. The maximum absolute atomic E-state index is 12.5. The summed E-state index contributed by atoms with van der Waals surface area (Å²) in [5, 5.41) is 3.85. The molecule has 24 heavy (non-hydrogen) atoms. The van der Waals surface area contributed by atoms with Crippen molar-refractivity contribution in [2.75, 3.05) is 0 Å². The number of sulfonamides is 1. The first kappa shape index (κ1) is 16.6. The van der Waals surface area contributed by atoms with Gasteiger partial charge in [-0.2, -0.15) is 4.98 Å². The second kappa shape index (κ2) is 6.35. The quantitative estimate of drug-likeness (QED) is 0.821. The Bertz CT molecular complexity index is 858. The molecule has 1 aliphatic rings. The standard InChI is InChI=1S/C16H19N3O4S/c1-11(2)7-8-14-17-15(23-18-14)9-19-16(20)13-6-4-3-5-12(13)10-24(19,21)22/h3-6,11H,7-10H2,1-2H3. The normalized spacial score (nSPS) is 16.5. The van der Waals surface area contributed by atoms with Crippen LogP contribution in [-0.2, 0) is 28.7 Å². The van der Waals surface area contributed by atoms with E-state index >= 15 is 0 Å². The highest BCUT2D eigenvalue weighted by Gasteiger charge is 2.36. The van der Waals surface area contributed by atoms with Gasteiger partial charge in [0.1, 0.15) is 6.54 Å². The van der Waals surface area contributed by atoms with Crippen molar-refractivity contribution in [1.82, 2.24) is 14.4 Å². The third-order valence-corrected chi connectivity index (χ3v) is 5.52. The molecule has 0 saturated carbocycles. The number of aryl methyl sites for hydroxylation is 1. The number of hydrogen-bond acceptors (Lipinski definition) is 6. The van der Waals surface area contributed by atoms with Crippen molar-refractivity contribution in [1.29, 1.82) is 0 Å². The molecule has 0 fully saturated rings. The van der Waals surface area contributed by atoms with Crippen LogP contribution in [0.4, 0.5) is 0 Å². The van der Waals surface area contributed by atoms with Gasteiger partial charge in [-0.05, 0) is 24.0 Å². The number of carbonyl (C=O) groups excluding carboxylic acids is 1. The zero-order valence-electron chi connectivity index (χ0n) is 13.6. The average molecular weight is 349 g/mol. The summed E-state index contributed by atoms with van der Waals surface area (Å²) in [7, 11) is -3.74. The number of nitrogens with zero attached hydrogens (tertiary/aromatic N) is 3. The monoisotopic (exact) mass is 349 g/mol. The van der Waals surface area contributed by atoms with Gasteiger partial charge in [0.05, 0.1) is 5.75 Å². The highest BCUT2D eigenvalue weighted by molar-refractivity contribution is 7.89. The van der Waals surface area contributed by atoms with Crippen LogP contribution in [0.25, 0.3) is 0 Å². The number of fused-ring (bicyclic) bond motifs is 1. The number of amides is 1. The number of rotatable bonds is 5. The molecule has 0 atom stereocenters. The summed E-state index contributed by atoms with van der Waals surface area (Å²) in [6.07, 6.45) is 1.57. The van der Waals surface area contributed by atoms with Crippen LogP contribution in [0.2, 0.25) is 0 Å². The summed E-state index contributed by atoms with van der Waals surface area (Å²) in [5.41, 5.74) is 0.911. The van der Waals surface area contributed by atoms with Crippen LogP contribution in [0.15, 0.2) is 28.8 Å². The van der Waals surface area contributed by atoms with Crippen LogP contribution in [0.5, 0.6) is 0 Å². The van der Waals surface area contributed by atoms with Gasteiger partial charge in [-0.15, -0.1) is 0 Å². The fraction of sp³-hybridized carbons (Fsp3) is 0.438. The van der Waals surface area contributed by atoms with Gasteiger partial charge in [-0.25, -0.2) is 12.7 Å². The fourth-order valence-electron chi connectivity index (χ4n) is 2.56. The van der Waals surface area contributed by atoms with E-state index < -0.39 is 15.9 Å². The molecule has 3 rings (SSSR count). The summed E-state index contributed by atoms with van der Waals surface area (Å²) in [6.45, 7) is 3.96. The van der Waals surface area contributed by atoms with Gasteiger partial charge in [0, 0.05) is 12.0 Å². The Hall–Kier alpha value is -2.22. The van der Waals surface area contributed by atoms with Crippen molar-refractivity contribution in [3.8, 4) is 0 Å². The Kier molecular flexibility index (Phi) is 4.40. The molecule has 7 nitrogen and oxygen atoms in total. The molecular formula is C16H19N3O4S. The van der Waals surface area contributed by atoms with Crippen LogP contribution < -0.4 is 0 Å². The van der Waals surface area contributed by atoms with Crippen LogP contribution in [0.3, 0.4) is 0 Å². The van der Waals surface area contributed by atoms with Crippen molar-refractivity contribution in [3.05, 3.63) is 47.1 Å². The van der Waals surface area contributed by atoms with Crippen molar-refractivity contribution in [3.63, 3.8) is 0 Å². The second-order valence-electron chi connectivity index (χ2n) is 6.26. The molecule has 0 saturated heterocycles. The van der Waals surface area contributed by atoms with Gasteiger partial charge in [-0.3, -0.25) is 4.79 Å². The van der Waals surface area contributed by atoms with Crippen molar-refractivity contribution in [2.45, 2.75) is 39.0 Å². The molecule has 0 unspecified atom stereocenters. The van der Waals surface area contributed by atoms with Gasteiger partial charge in [0.25, 0.3) is 5.91 Å².